The molecule has 3 rings (SSSR count). The van der Waals surface area contributed by atoms with E-state index in [1.165, 1.54) is 18.2 Å². The predicted octanol–water partition coefficient (Wildman–Crippen LogP) is 5.14. The third-order valence-electron chi connectivity index (χ3n) is 4.53. The summed E-state index contributed by atoms with van der Waals surface area (Å²) in [7, 11) is 0. The number of amidine groups is 1. The molecule has 0 bridgehead atoms. The highest BCUT2D eigenvalue weighted by Crippen LogP contribution is 2.24. The van der Waals surface area contributed by atoms with Crippen LogP contribution in [-0.4, -0.2) is 18.2 Å². The number of rotatable bonds is 3. The van der Waals surface area contributed by atoms with Crippen molar-refractivity contribution < 1.29 is 13.6 Å². The Labute approximate surface area is 157 Å². The van der Waals surface area contributed by atoms with Gasteiger partial charge in [0.2, 0.25) is 0 Å². The van der Waals surface area contributed by atoms with Crippen molar-refractivity contribution in [3.05, 3.63) is 77.4 Å². The van der Waals surface area contributed by atoms with Gasteiger partial charge in [0.25, 0.3) is 0 Å². The highest BCUT2D eigenvalue weighted by atomic mass is 19.1. The van der Waals surface area contributed by atoms with Gasteiger partial charge in [-0.25, -0.2) is 8.78 Å². The number of benzene rings is 2. The van der Waals surface area contributed by atoms with Crippen molar-refractivity contribution in [2.45, 2.75) is 26.2 Å². The minimum atomic E-state index is -0.691. The fourth-order valence-electron chi connectivity index (χ4n) is 2.86. The van der Waals surface area contributed by atoms with E-state index in [0.717, 1.165) is 5.56 Å². The molecule has 1 aliphatic heterocycles. The van der Waals surface area contributed by atoms with Crippen molar-refractivity contribution in [3.63, 3.8) is 0 Å². The number of halogens is 2. The van der Waals surface area contributed by atoms with Gasteiger partial charge in [0.15, 0.2) is 5.78 Å². The molecule has 0 saturated carbocycles. The highest BCUT2D eigenvalue weighted by molar-refractivity contribution is 6.06. The molecule has 3 nitrogen and oxygen atoms in total. The van der Waals surface area contributed by atoms with E-state index in [1.54, 1.807) is 12.2 Å². The van der Waals surface area contributed by atoms with Gasteiger partial charge < -0.3 is 5.32 Å². The number of dihydropyridines is 1. The summed E-state index contributed by atoms with van der Waals surface area (Å²) in [4.78, 5) is 16.9. The van der Waals surface area contributed by atoms with Crippen molar-refractivity contribution in [1.82, 2.24) is 0 Å². The molecule has 1 atom stereocenters. The van der Waals surface area contributed by atoms with E-state index >= 15 is 0 Å². The molecule has 0 amide bonds. The van der Waals surface area contributed by atoms with Crippen molar-refractivity contribution in [2.75, 3.05) is 11.9 Å². The summed E-state index contributed by atoms with van der Waals surface area (Å²) >= 11 is 0. The van der Waals surface area contributed by atoms with Crippen LogP contribution in [0.3, 0.4) is 0 Å². The highest BCUT2D eigenvalue weighted by Gasteiger charge is 2.21. The Bertz CT molecular complexity index is 889. The number of nitrogens with one attached hydrogen (secondary N) is 1. The molecule has 27 heavy (non-hydrogen) atoms. The molecule has 1 aliphatic rings. The van der Waals surface area contributed by atoms with Crippen molar-refractivity contribution in [3.8, 4) is 0 Å². The van der Waals surface area contributed by atoms with Crippen LogP contribution in [0.2, 0.25) is 0 Å². The number of aliphatic imine (C=N–C) groups is 1. The number of hydrogen-bond acceptors (Lipinski definition) is 3. The Hall–Kier alpha value is -2.82. The molecule has 0 spiro atoms. The molecule has 0 saturated heterocycles. The van der Waals surface area contributed by atoms with Gasteiger partial charge in [-0.3, -0.25) is 9.79 Å². The summed E-state index contributed by atoms with van der Waals surface area (Å²) in [5.74, 6) is -1.47. The van der Waals surface area contributed by atoms with Gasteiger partial charge >= 0.3 is 0 Å². The van der Waals surface area contributed by atoms with Gasteiger partial charge in [0, 0.05) is 5.56 Å². The van der Waals surface area contributed by atoms with E-state index in [-0.39, 0.29) is 29.3 Å². The summed E-state index contributed by atoms with van der Waals surface area (Å²) in [5.41, 5.74) is 1.57. The Morgan fingerprint density at radius 2 is 1.70 bits per heavy atom. The quantitative estimate of drug-likeness (QED) is 0.762. The first-order valence-corrected chi connectivity index (χ1v) is 8.84. The zero-order chi connectivity index (χ0) is 19.6. The Kier molecular flexibility index (Phi) is 5.22. The normalized spacial score (nSPS) is 16.8. The number of anilines is 1. The molecule has 1 unspecified atom stereocenters. The largest absolute Gasteiger partial charge is 0.336 e. The van der Waals surface area contributed by atoms with Crippen LogP contribution >= 0.6 is 0 Å². The maximum Gasteiger partial charge on any atom is 0.171 e. The maximum absolute atomic E-state index is 13.7. The van der Waals surface area contributed by atoms with E-state index in [4.69, 9.17) is 0 Å². The molecule has 2 aromatic rings. The number of para-hydroxylation sites is 1. The lowest BCUT2D eigenvalue weighted by atomic mass is 9.85. The van der Waals surface area contributed by atoms with Crippen LogP contribution < -0.4 is 5.32 Å². The third kappa shape index (κ3) is 4.30. The van der Waals surface area contributed by atoms with Crippen LogP contribution in [-0.2, 0) is 5.41 Å². The average Bonchev–Trinajstić information content (AvgIpc) is 2.64. The second-order valence-electron chi connectivity index (χ2n) is 7.60. The molecule has 0 aromatic heterocycles. The molecule has 2 aromatic carbocycles. The lowest BCUT2D eigenvalue weighted by Gasteiger charge is -2.20. The lowest BCUT2D eigenvalue weighted by molar-refractivity contribution is 0.0948. The van der Waals surface area contributed by atoms with Crippen LogP contribution in [0.1, 0.15) is 36.7 Å². The second-order valence-corrected chi connectivity index (χ2v) is 7.60. The molecule has 1 heterocycles. The Morgan fingerprint density at radius 1 is 1.07 bits per heavy atom. The molecule has 5 heteroatoms. The van der Waals surface area contributed by atoms with Gasteiger partial charge in [-0.1, -0.05) is 57.2 Å². The van der Waals surface area contributed by atoms with E-state index in [2.05, 4.69) is 31.1 Å². The molecule has 140 valence electrons. The molecule has 0 radical (unpaired) electrons. The van der Waals surface area contributed by atoms with E-state index < -0.39 is 11.6 Å². The standard InChI is InChI=1S/C22H22F2N2O/c1-22(2,3)16-10-7-14(8-11-16)21(27)15-9-12-19(25-13-15)26-20-17(23)5-4-6-18(20)24/h4-12,15H,13H2,1-3H3,(H,25,26). The summed E-state index contributed by atoms with van der Waals surface area (Å²) in [6, 6.07) is 11.3. The van der Waals surface area contributed by atoms with E-state index in [0.29, 0.717) is 11.4 Å². The minimum Gasteiger partial charge on any atom is -0.336 e. The Morgan fingerprint density at radius 3 is 2.22 bits per heavy atom. The van der Waals surface area contributed by atoms with Crippen molar-refractivity contribution in [2.24, 2.45) is 10.9 Å². The first-order valence-electron chi connectivity index (χ1n) is 8.84. The van der Waals surface area contributed by atoms with Crippen LogP contribution in [0, 0.1) is 17.6 Å². The van der Waals surface area contributed by atoms with Gasteiger partial charge in [0.05, 0.1) is 12.5 Å². The first kappa shape index (κ1) is 19.0. The minimum absolute atomic E-state index is 0.0217. The summed E-state index contributed by atoms with van der Waals surface area (Å²) in [5, 5.41) is 2.64. The predicted molar refractivity (Wildman–Crippen MR) is 104 cm³/mol. The molecule has 1 N–H and O–H groups in total. The number of nitrogens with zero attached hydrogens (tertiary/aromatic N) is 1. The third-order valence-corrected chi connectivity index (χ3v) is 4.53. The van der Waals surface area contributed by atoms with E-state index in [9.17, 15) is 13.6 Å². The Balaban J connectivity index is 1.68. The van der Waals surface area contributed by atoms with Gasteiger partial charge in [-0.2, -0.15) is 0 Å². The van der Waals surface area contributed by atoms with Crippen molar-refractivity contribution in [1.29, 1.82) is 0 Å². The zero-order valence-electron chi connectivity index (χ0n) is 15.6. The monoisotopic (exact) mass is 368 g/mol. The molecular formula is C22H22F2N2O. The molecular weight excluding hydrogens is 346 g/mol. The fraction of sp³-hybridized carbons (Fsp3) is 0.273. The van der Waals surface area contributed by atoms with Crippen LogP contribution in [0.25, 0.3) is 0 Å². The average molecular weight is 368 g/mol. The number of Topliss-reactive ketones (excluding diaryl/α,β-unsaturated/α-hetero) is 1. The fourth-order valence-corrected chi connectivity index (χ4v) is 2.86. The van der Waals surface area contributed by atoms with E-state index in [1.807, 2.05) is 24.3 Å². The number of ketones is 1. The lowest BCUT2D eigenvalue weighted by Crippen LogP contribution is -2.23. The second kappa shape index (κ2) is 7.43. The summed E-state index contributed by atoms with van der Waals surface area (Å²) in [6.07, 6.45) is 3.30. The smallest absolute Gasteiger partial charge is 0.171 e. The number of hydrogen-bond donors (Lipinski definition) is 1. The van der Waals surface area contributed by atoms with Crippen molar-refractivity contribution >= 4 is 17.3 Å². The van der Waals surface area contributed by atoms with Gasteiger partial charge in [0.1, 0.15) is 23.2 Å². The summed E-state index contributed by atoms with van der Waals surface area (Å²) < 4.78 is 27.4. The maximum atomic E-state index is 13.7. The SMILES string of the molecule is CC(C)(C)c1ccc(C(=O)C2C=CC(Nc3c(F)cccc3F)=NC2)cc1. The van der Waals surface area contributed by atoms with Gasteiger partial charge in [-0.05, 0) is 29.2 Å². The number of carbonyl (C=O) groups is 1. The molecule has 0 aliphatic carbocycles. The topological polar surface area (TPSA) is 41.5 Å². The van der Waals surface area contributed by atoms with Crippen LogP contribution in [0.15, 0.2) is 59.6 Å². The van der Waals surface area contributed by atoms with Gasteiger partial charge in [-0.15, -0.1) is 0 Å². The number of carbonyl (C=O) groups excluding carboxylic acids is 1. The van der Waals surface area contributed by atoms with Crippen LogP contribution in [0.5, 0.6) is 0 Å². The summed E-state index contributed by atoms with van der Waals surface area (Å²) in [6.45, 7) is 6.59. The molecule has 0 fully saturated rings. The first-order chi connectivity index (χ1) is 12.8. The zero-order valence-corrected chi connectivity index (χ0v) is 15.6. The van der Waals surface area contributed by atoms with Crippen LogP contribution in [0.4, 0.5) is 14.5 Å².